The van der Waals surface area contributed by atoms with Crippen LogP contribution in [0.15, 0.2) is 73.4 Å². The number of nitrogens with one attached hydrogen (secondary N) is 1. The summed E-state index contributed by atoms with van der Waals surface area (Å²) in [5, 5.41) is 3.32. The zero-order valence-corrected chi connectivity index (χ0v) is 22.7. The summed E-state index contributed by atoms with van der Waals surface area (Å²) in [5.41, 5.74) is 4.50. The number of hydrogen-bond acceptors (Lipinski definition) is 6. The second kappa shape index (κ2) is 11.0. The number of likely N-dealkylation sites (tertiary alicyclic amines) is 1. The molecule has 0 aliphatic carbocycles. The molecule has 5 aromatic rings. The van der Waals surface area contributed by atoms with Gasteiger partial charge in [0.2, 0.25) is 0 Å². The van der Waals surface area contributed by atoms with Crippen LogP contribution in [0.1, 0.15) is 40.5 Å². The topological polar surface area (TPSA) is 89.6 Å². The number of alkyl halides is 2. The van der Waals surface area contributed by atoms with Gasteiger partial charge < -0.3 is 19.5 Å². The lowest BCUT2D eigenvalue weighted by molar-refractivity contribution is -0.0498. The zero-order chi connectivity index (χ0) is 28.5. The molecule has 1 aliphatic heterocycles. The van der Waals surface area contributed by atoms with Gasteiger partial charge in [-0.3, -0.25) is 9.20 Å². The van der Waals surface area contributed by atoms with Crippen molar-refractivity contribution in [2.75, 3.05) is 18.4 Å². The third-order valence-corrected chi connectivity index (χ3v) is 7.53. The van der Waals surface area contributed by atoms with E-state index in [0.717, 1.165) is 41.2 Å². The van der Waals surface area contributed by atoms with Crippen LogP contribution in [0, 0.1) is 6.92 Å². The van der Waals surface area contributed by atoms with Crippen LogP contribution in [-0.4, -0.2) is 54.4 Å². The van der Waals surface area contributed by atoms with E-state index in [9.17, 15) is 13.6 Å². The Hall–Kier alpha value is -4.80. The van der Waals surface area contributed by atoms with Crippen LogP contribution in [0.3, 0.4) is 0 Å². The van der Waals surface area contributed by atoms with Crippen molar-refractivity contribution in [1.82, 2.24) is 28.8 Å². The van der Waals surface area contributed by atoms with Gasteiger partial charge in [0.25, 0.3) is 5.91 Å². The standard InChI is InChI=1S/C30H29F2N7O2/c1-19-17-22(5-8-24(19)29(40)38-13-9-21(10-14-38)27-34-11-15-37(27)2)36-26-28-35-18-25(39(28)16-12-33-26)20-3-6-23(7-4-20)41-30(31)32/h3-8,11-12,15-18,21,30H,9-10,13-14H2,1-2H3,(H,33,36). The lowest BCUT2D eigenvalue weighted by Gasteiger charge is -2.32. The van der Waals surface area contributed by atoms with Crippen molar-refractivity contribution in [3.8, 4) is 17.0 Å². The maximum atomic E-state index is 13.4. The van der Waals surface area contributed by atoms with Crippen molar-refractivity contribution < 1.29 is 18.3 Å². The summed E-state index contributed by atoms with van der Waals surface area (Å²) in [6, 6.07) is 12.1. The fraction of sp³-hybridized carbons (Fsp3) is 0.267. The Labute approximate surface area is 235 Å². The van der Waals surface area contributed by atoms with Gasteiger partial charge in [0, 0.05) is 67.7 Å². The smallest absolute Gasteiger partial charge is 0.387 e. The van der Waals surface area contributed by atoms with Gasteiger partial charge in [0.05, 0.1) is 11.9 Å². The molecule has 4 heterocycles. The molecule has 1 saturated heterocycles. The van der Waals surface area contributed by atoms with Crippen LogP contribution < -0.4 is 10.1 Å². The lowest BCUT2D eigenvalue weighted by Crippen LogP contribution is -2.38. The van der Waals surface area contributed by atoms with Crippen molar-refractivity contribution >= 4 is 23.1 Å². The molecule has 1 N–H and O–H groups in total. The largest absolute Gasteiger partial charge is 0.435 e. The highest BCUT2D eigenvalue weighted by molar-refractivity contribution is 5.96. The molecule has 0 radical (unpaired) electrons. The fourth-order valence-corrected chi connectivity index (χ4v) is 5.43. The van der Waals surface area contributed by atoms with E-state index >= 15 is 0 Å². The first-order chi connectivity index (χ1) is 19.9. The number of rotatable bonds is 7. The van der Waals surface area contributed by atoms with E-state index in [0.29, 0.717) is 36.0 Å². The molecular weight excluding hydrogens is 528 g/mol. The Morgan fingerprint density at radius 2 is 1.78 bits per heavy atom. The highest BCUT2D eigenvalue weighted by atomic mass is 19.3. The summed E-state index contributed by atoms with van der Waals surface area (Å²) < 4.78 is 33.4. The molecule has 3 aromatic heterocycles. The van der Waals surface area contributed by atoms with Gasteiger partial charge in [-0.1, -0.05) is 0 Å². The third-order valence-electron chi connectivity index (χ3n) is 7.53. The SMILES string of the molecule is Cc1cc(Nc2nccn3c(-c4ccc(OC(F)F)cc4)cnc23)ccc1C(=O)N1CCC(c2nccn2C)CC1. The lowest BCUT2D eigenvalue weighted by atomic mass is 9.95. The Morgan fingerprint density at radius 3 is 2.46 bits per heavy atom. The normalized spacial score (nSPS) is 14.1. The number of aryl methyl sites for hydroxylation is 2. The summed E-state index contributed by atoms with van der Waals surface area (Å²) in [4.78, 5) is 28.8. The molecule has 0 saturated carbocycles. The van der Waals surface area contributed by atoms with Crippen LogP contribution in [-0.2, 0) is 7.05 Å². The number of ether oxygens (including phenoxy) is 1. The van der Waals surface area contributed by atoms with Crippen LogP contribution in [0.2, 0.25) is 0 Å². The van der Waals surface area contributed by atoms with Crippen LogP contribution in [0.4, 0.5) is 20.3 Å². The highest BCUT2D eigenvalue weighted by Gasteiger charge is 2.27. The molecule has 2 aromatic carbocycles. The maximum Gasteiger partial charge on any atom is 0.387 e. The van der Waals surface area contributed by atoms with E-state index in [1.807, 2.05) is 53.9 Å². The summed E-state index contributed by atoms with van der Waals surface area (Å²) in [6.45, 7) is 0.460. The van der Waals surface area contributed by atoms with Gasteiger partial charge in [-0.25, -0.2) is 15.0 Å². The first-order valence-corrected chi connectivity index (χ1v) is 13.4. The van der Waals surface area contributed by atoms with E-state index in [4.69, 9.17) is 0 Å². The Kier molecular flexibility index (Phi) is 7.08. The number of benzene rings is 2. The van der Waals surface area contributed by atoms with E-state index in [1.54, 1.807) is 30.7 Å². The quantitative estimate of drug-likeness (QED) is 0.272. The number of piperidine rings is 1. The second-order valence-corrected chi connectivity index (χ2v) is 10.1. The average molecular weight is 558 g/mol. The predicted molar refractivity (Wildman–Crippen MR) is 151 cm³/mol. The Balaban J connectivity index is 1.16. The van der Waals surface area contributed by atoms with Gasteiger partial charge in [0.1, 0.15) is 11.6 Å². The minimum atomic E-state index is -2.87. The average Bonchev–Trinajstić information content (AvgIpc) is 3.60. The number of anilines is 2. The van der Waals surface area contributed by atoms with Crippen LogP contribution in [0.5, 0.6) is 5.75 Å². The summed E-state index contributed by atoms with van der Waals surface area (Å²) in [6.07, 6.45) is 10.7. The molecule has 0 atom stereocenters. The van der Waals surface area contributed by atoms with Crippen LogP contribution >= 0.6 is 0 Å². The van der Waals surface area contributed by atoms with E-state index in [1.165, 1.54) is 12.1 Å². The molecule has 1 aliphatic rings. The van der Waals surface area contributed by atoms with Crippen molar-refractivity contribution in [2.24, 2.45) is 7.05 Å². The highest BCUT2D eigenvalue weighted by Crippen LogP contribution is 2.30. The molecular formula is C30H29F2N7O2. The summed E-state index contributed by atoms with van der Waals surface area (Å²) >= 11 is 0. The number of hydrogen-bond donors (Lipinski definition) is 1. The number of carbonyl (C=O) groups excluding carboxylic acids is 1. The monoisotopic (exact) mass is 557 g/mol. The predicted octanol–water partition coefficient (Wildman–Crippen LogP) is 5.80. The number of fused-ring (bicyclic) bond motifs is 1. The molecule has 210 valence electrons. The second-order valence-electron chi connectivity index (χ2n) is 10.1. The van der Waals surface area contributed by atoms with Gasteiger partial charge >= 0.3 is 6.61 Å². The molecule has 1 amide bonds. The van der Waals surface area contributed by atoms with Gasteiger partial charge in [-0.2, -0.15) is 8.78 Å². The molecule has 0 unspecified atom stereocenters. The maximum absolute atomic E-state index is 13.4. The molecule has 9 nitrogen and oxygen atoms in total. The first-order valence-electron chi connectivity index (χ1n) is 13.4. The molecule has 1 fully saturated rings. The molecule has 0 bridgehead atoms. The fourth-order valence-electron chi connectivity index (χ4n) is 5.43. The Morgan fingerprint density at radius 1 is 1.02 bits per heavy atom. The summed E-state index contributed by atoms with van der Waals surface area (Å²) in [5.74, 6) is 2.12. The zero-order valence-electron chi connectivity index (χ0n) is 22.7. The van der Waals surface area contributed by atoms with E-state index < -0.39 is 6.61 Å². The number of amides is 1. The van der Waals surface area contributed by atoms with Crippen molar-refractivity contribution in [3.05, 3.63) is 90.4 Å². The van der Waals surface area contributed by atoms with Gasteiger partial charge in [-0.15, -0.1) is 0 Å². The van der Waals surface area contributed by atoms with Crippen molar-refractivity contribution in [1.29, 1.82) is 0 Å². The molecule has 41 heavy (non-hydrogen) atoms. The minimum absolute atomic E-state index is 0.0374. The van der Waals surface area contributed by atoms with Crippen LogP contribution in [0.25, 0.3) is 16.9 Å². The first kappa shape index (κ1) is 26.4. The number of aromatic nitrogens is 5. The molecule has 6 rings (SSSR count). The van der Waals surface area contributed by atoms with E-state index in [2.05, 4.69) is 29.6 Å². The number of nitrogens with zero attached hydrogens (tertiary/aromatic N) is 6. The minimum Gasteiger partial charge on any atom is -0.435 e. The molecule has 0 spiro atoms. The third kappa shape index (κ3) is 5.34. The number of imidazole rings is 2. The number of halogens is 2. The number of carbonyl (C=O) groups is 1. The molecule has 11 heteroatoms. The summed E-state index contributed by atoms with van der Waals surface area (Å²) in [7, 11) is 2.01. The Bertz CT molecular complexity index is 1690. The van der Waals surface area contributed by atoms with Crippen molar-refractivity contribution in [3.63, 3.8) is 0 Å². The van der Waals surface area contributed by atoms with Crippen molar-refractivity contribution in [2.45, 2.75) is 32.3 Å². The van der Waals surface area contributed by atoms with Gasteiger partial charge in [-0.05, 0) is 67.8 Å². The van der Waals surface area contributed by atoms with Gasteiger partial charge in [0.15, 0.2) is 11.5 Å². The van der Waals surface area contributed by atoms with E-state index in [-0.39, 0.29) is 11.7 Å².